The Hall–Kier alpha value is -1.61. The summed E-state index contributed by atoms with van der Waals surface area (Å²) in [5.74, 6) is -0.918. The lowest BCUT2D eigenvalue weighted by Gasteiger charge is -2.27. The smallest absolute Gasteiger partial charge is 0.345 e. The van der Waals surface area contributed by atoms with Crippen LogP contribution in [0.2, 0.25) is 0 Å². The van der Waals surface area contributed by atoms with Crippen LogP contribution >= 0.6 is 11.6 Å². The quantitative estimate of drug-likeness (QED) is 0.483. The van der Waals surface area contributed by atoms with Gasteiger partial charge in [0.2, 0.25) is 5.54 Å². The number of rotatable bonds is 5. The molecule has 0 aromatic heterocycles. The topological polar surface area (TPSA) is 82.4 Å². The Bertz CT molecular complexity index is 446. The highest BCUT2D eigenvalue weighted by atomic mass is 35.5. The SMILES string of the molecule is CCOC(=O)C(C#N)(NO)C(Cl)c1ccccc1. The number of benzene rings is 1. The molecule has 1 rings (SSSR count). The zero-order valence-electron chi connectivity index (χ0n) is 9.76. The van der Waals surface area contributed by atoms with Gasteiger partial charge in [-0.05, 0) is 12.5 Å². The zero-order valence-corrected chi connectivity index (χ0v) is 10.5. The molecule has 2 N–H and O–H groups in total. The average molecular weight is 269 g/mol. The van der Waals surface area contributed by atoms with Crippen LogP contribution in [0.1, 0.15) is 17.9 Å². The summed E-state index contributed by atoms with van der Waals surface area (Å²) < 4.78 is 4.76. The predicted molar refractivity (Wildman–Crippen MR) is 64.9 cm³/mol. The van der Waals surface area contributed by atoms with E-state index in [4.69, 9.17) is 26.8 Å². The summed E-state index contributed by atoms with van der Waals surface area (Å²) in [7, 11) is 0. The lowest BCUT2D eigenvalue weighted by molar-refractivity contribution is -0.152. The van der Waals surface area contributed by atoms with Crippen LogP contribution in [0.15, 0.2) is 30.3 Å². The molecule has 6 heteroatoms. The van der Waals surface area contributed by atoms with E-state index in [-0.39, 0.29) is 6.61 Å². The fourth-order valence-electron chi connectivity index (χ4n) is 1.45. The molecule has 0 aliphatic rings. The monoisotopic (exact) mass is 268 g/mol. The third kappa shape index (κ3) is 2.62. The molecule has 0 fully saturated rings. The van der Waals surface area contributed by atoms with Crippen LogP contribution in [0, 0.1) is 11.3 Å². The van der Waals surface area contributed by atoms with Crippen LogP contribution in [0.3, 0.4) is 0 Å². The number of carbonyl (C=O) groups excluding carboxylic acids is 1. The van der Waals surface area contributed by atoms with Crippen LogP contribution < -0.4 is 5.48 Å². The number of esters is 1. The zero-order chi connectivity index (χ0) is 13.6. The van der Waals surface area contributed by atoms with Gasteiger partial charge in [-0.3, -0.25) is 0 Å². The number of alkyl halides is 1. The first-order chi connectivity index (χ1) is 8.62. The first-order valence-electron chi connectivity index (χ1n) is 5.31. The number of ether oxygens (including phenoxy) is 1. The van der Waals surface area contributed by atoms with Crippen molar-refractivity contribution in [1.82, 2.24) is 5.48 Å². The van der Waals surface area contributed by atoms with E-state index in [1.54, 1.807) is 48.8 Å². The van der Waals surface area contributed by atoms with Gasteiger partial charge < -0.3 is 9.94 Å². The molecule has 0 bridgehead atoms. The van der Waals surface area contributed by atoms with Gasteiger partial charge >= 0.3 is 5.97 Å². The first kappa shape index (κ1) is 14.5. The Labute approximate surface area is 110 Å². The summed E-state index contributed by atoms with van der Waals surface area (Å²) in [6.07, 6.45) is 0. The number of nitriles is 1. The van der Waals surface area contributed by atoms with Crippen molar-refractivity contribution >= 4 is 17.6 Å². The fraction of sp³-hybridized carbons (Fsp3) is 0.333. The minimum absolute atomic E-state index is 0.0857. The number of carbonyl (C=O) groups is 1. The van der Waals surface area contributed by atoms with Crippen LogP contribution in [0.5, 0.6) is 0 Å². The predicted octanol–water partition coefficient (Wildman–Crippen LogP) is 1.77. The molecular weight excluding hydrogens is 256 g/mol. The van der Waals surface area contributed by atoms with Crippen LogP contribution in [-0.4, -0.2) is 23.3 Å². The molecule has 0 spiro atoms. The molecule has 1 aromatic carbocycles. The van der Waals surface area contributed by atoms with Crippen molar-refractivity contribution in [3.63, 3.8) is 0 Å². The van der Waals surface area contributed by atoms with E-state index in [0.29, 0.717) is 5.56 Å². The summed E-state index contributed by atoms with van der Waals surface area (Å²) in [5, 5.41) is 17.2. The van der Waals surface area contributed by atoms with E-state index < -0.39 is 16.9 Å². The molecule has 5 nitrogen and oxygen atoms in total. The van der Waals surface area contributed by atoms with Crippen molar-refractivity contribution in [2.24, 2.45) is 0 Å². The Kier molecular flexibility index (Phi) is 5.10. The highest BCUT2D eigenvalue weighted by molar-refractivity contribution is 6.24. The van der Waals surface area contributed by atoms with Crippen molar-refractivity contribution in [2.75, 3.05) is 6.61 Å². The molecule has 2 unspecified atom stereocenters. The van der Waals surface area contributed by atoms with Crippen molar-refractivity contribution in [1.29, 1.82) is 5.26 Å². The summed E-state index contributed by atoms with van der Waals surface area (Å²) in [4.78, 5) is 11.8. The lowest BCUT2D eigenvalue weighted by atomic mass is 9.92. The Morgan fingerprint density at radius 2 is 2.22 bits per heavy atom. The third-order valence-corrected chi connectivity index (χ3v) is 3.00. The Morgan fingerprint density at radius 3 is 2.67 bits per heavy atom. The summed E-state index contributed by atoms with van der Waals surface area (Å²) in [5.41, 5.74) is 0.175. The second kappa shape index (κ2) is 6.36. The van der Waals surface area contributed by atoms with Gasteiger partial charge in [-0.25, -0.2) is 4.79 Å². The van der Waals surface area contributed by atoms with E-state index in [1.807, 2.05) is 0 Å². The van der Waals surface area contributed by atoms with Crippen molar-refractivity contribution in [3.8, 4) is 6.07 Å². The maximum absolute atomic E-state index is 11.8. The Morgan fingerprint density at radius 1 is 1.61 bits per heavy atom. The fourth-order valence-corrected chi connectivity index (χ4v) is 1.78. The third-order valence-electron chi connectivity index (χ3n) is 2.42. The van der Waals surface area contributed by atoms with Crippen LogP contribution in [0.4, 0.5) is 0 Å². The van der Waals surface area contributed by atoms with Gasteiger partial charge in [-0.2, -0.15) is 10.7 Å². The van der Waals surface area contributed by atoms with Crippen molar-refractivity contribution in [3.05, 3.63) is 35.9 Å². The normalized spacial score (nSPS) is 15.2. The number of nitrogens with zero attached hydrogens (tertiary/aromatic N) is 1. The van der Waals surface area contributed by atoms with Gasteiger partial charge in [0.25, 0.3) is 0 Å². The van der Waals surface area contributed by atoms with Gasteiger partial charge in [0.15, 0.2) is 0 Å². The molecule has 0 radical (unpaired) electrons. The number of hydrogen-bond acceptors (Lipinski definition) is 5. The highest BCUT2D eigenvalue weighted by Gasteiger charge is 2.48. The maximum atomic E-state index is 11.8. The second-order valence-electron chi connectivity index (χ2n) is 3.53. The van der Waals surface area contributed by atoms with E-state index in [1.165, 1.54) is 0 Å². The molecule has 96 valence electrons. The van der Waals surface area contributed by atoms with Crippen LogP contribution in [0.25, 0.3) is 0 Å². The van der Waals surface area contributed by atoms with Crippen molar-refractivity contribution < 1.29 is 14.7 Å². The second-order valence-corrected chi connectivity index (χ2v) is 3.96. The molecular formula is C12H13ClN2O3. The minimum atomic E-state index is -2.03. The van der Waals surface area contributed by atoms with Crippen molar-refractivity contribution in [2.45, 2.75) is 17.8 Å². The largest absolute Gasteiger partial charge is 0.464 e. The molecule has 0 aliphatic heterocycles. The summed E-state index contributed by atoms with van der Waals surface area (Å²) in [6.45, 7) is 1.69. The van der Waals surface area contributed by atoms with E-state index in [2.05, 4.69) is 0 Å². The van der Waals surface area contributed by atoms with E-state index in [9.17, 15) is 4.79 Å². The van der Waals surface area contributed by atoms with Gasteiger partial charge in [0, 0.05) is 0 Å². The number of hydroxylamine groups is 1. The highest BCUT2D eigenvalue weighted by Crippen LogP contribution is 2.32. The van der Waals surface area contributed by atoms with E-state index in [0.717, 1.165) is 0 Å². The number of halogens is 1. The molecule has 0 heterocycles. The molecule has 18 heavy (non-hydrogen) atoms. The molecule has 2 atom stereocenters. The number of hydrogen-bond donors (Lipinski definition) is 2. The maximum Gasteiger partial charge on any atom is 0.345 e. The number of nitrogens with one attached hydrogen (secondary N) is 1. The molecule has 0 saturated heterocycles. The average Bonchev–Trinajstić information content (AvgIpc) is 2.42. The van der Waals surface area contributed by atoms with Gasteiger partial charge in [-0.15, -0.1) is 11.6 Å². The minimum Gasteiger partial charge on any atom is -0.464 e. The summed E-state index contributed by atoms with van der Waals surface area (Å²) in [6, 6.07) is 10.2. The molecule has 0 saturated carbocycles. The molecule has 0 aliphatic carbocycles. The summed E-state index contributed by atoms with van der Waals surface area (Å²) >= 11 is 6.11. The van der Waals surface area contributed by atoms with Crippen LogP contribution in [-0.2, 0) is 9.53 Å². The molecule has 0 amide bonds. The van der Waals surface area contributed by atoms with E-state index >= 15 is 0 Å². The Balaban J connectivity index is 3.13. The van der Waals surface area contributed by atoms with Gasteiger partial charge in [0.05, 0.1) is 6.61 Å². The lowest BCUT2D eigenvalue weighted by Crippen LogP contribution is -2.53. The standard InChI is InChI=1S/C12H13ClN2O3/c1-2-18-11(16)12(8-14,15-17)10(13)9-6-4-3-5-7-9/h3-7,10,15,17H,2H2,1H3. The molecule has 1 aromatic rings. The first-order valence-corrected chi connectivity index (χ1v) is 5.74. The van der Waals surface area contributed by atoms with Gasteiger partial charge in [-0.1, -0.05) is 30.3 Å². The van der Waals surface area contributed by atoms with Gasteiger partial charge in [0.1, 0.15) is 11.4 Å².